The first-order valence-corrected chi connectivity index (χ1v) is 6.57. The van der Waals surface area contributed by atoms with Crippen LogP contribution >= 0.6 is 0 Å². The molecule has 1 N–H and O–H groups in total. The number of halogens is 1. The molecule has 0 aliphatic heterocycles. The maximum Gasteiger partial charge on any atom is 0.123 e. The van der Waals surface area contributed by atoms with E-state index in [0.717, 1.165) is 25.0 Å². The van der Waals surface area contributed by atoms with Gasteiger partial charge in [0.25, 0.3) is 0 Å². The van der Waals surface area contributed by atoms with Gasteiger partial charge in [-0.3, -0.25) is 0 Å². The largest absolute Gasteiger partial charge is 0.396 e. The number of ether oxygens (including phenoxy) is 1. The summed E-state index contributed by atoms with van der Waals surface area (Å²) in [5, 5.41) is 9.34. The van der Waals surface area contributed by atoms with E-state index in [1.165, 1.54) is 12.1 Å². The topological polar surface area (TPSA) is 29.5 Å². The maximum absolute atomic E-state index is 12.8. The van der Waals surface area contributed by atoms with Crippen LogP contribution in [0.5, 0.6) is 0 Å². The van der Waals surface area contributed by atoms with Crippen molar-refractivity contribution in [2.75, 3.05) is 19.8 Å². The van der Waals surface area contributed by atoms with Crippen molar-refractivity contribution in [3.8, 4) is 0 Å². The molecule has 1 aromatic rings. The van der Waals surface area contributed by atoms with Crippen LogP contribution in [0.1, 0.15) is 38.2 Å². The molecule has 0 aliphatic carbocycles. The summed E-state index contributed by atoms with van der Waals surface area (Å²) in [6.45, 7) is 5.80. The minimum absolute atomic E-state index is 0.0321. The minimum Gasteiger partial charge on any atom is -0.396 e. The van der Waals surface area contributed by atoms with Crippen LogP contribution in [0.15, 0.2) is 24.3 Å². The lowest BCUT2D eigenvalue weighted by molar-refractivity contribution is 0.110. The zero-order chi connectivity index (χ0) is 13.4. The first kappa shape index (κ1) is 15.1. The Hall–Kier alpha value is -0.930. The molecular formula is C15H23FO2. The van der Waals surface area contributed by atoms with Gasteiger partial charge in [0.15, 0.2) is 0 Å². The molecule has 0 fully saturated rings. The Kier molecular flexibility index (Phi) is 6.91. The fourth-order valence-electron chi connectivity index (χ4n) is 1.74. The van der Waals surface area contributed by atoms with Gasteiger partial charge in [0.05, 0.1) is 6.61 Å². The van der Waals surface area contributed by atoms with Crippen LogP contribution in [0.25, 0.3) is 0 Å². The van der Waals surface area contributed by atoms with Crippen molar-refractivity contribution in [2.45, 2.75) is 32.6 Å². The van der Waals surface area contributed by atoms with E-state index in [1.807, 2.05) is 0 Å². The summed E-state index contributed by atoms with van der Waals surface area (Å²) in [6, 6.07) is 6.31. The summed E-state index contributed by atoms with van der Waals surface area (Å²) in [6.07, 6.45) is 1.82. The third-order valence-corrected chi connectivity index (χ3v) is 3.01. The molecule has 1 aromatic carbocycles. The SMILES string of the molecule is CC(C)CCOCCC(CO)c1ccc(F)cc1. The quantitative estimate of drug-likeness (QED) is 0.721. The second-order valence-electron chi connectivity index (χ2n) is 5.01. The van der Waals surface area contributed by atoms with Crippen LogP contribution in [0, 0.1) is 11.7 Å². The van der Waals surface area contributed by atoms with E-state index in [-0.39, 0.29) is 18.3 Å². The van der Waals surface area contributed by atoms with Gasteiger partial charge >= 0.3 is 0 Å². The van der Waals surface area contributed by atoms with Gasteiger partial charge in [0.1, 0.15) is 5.82 Å². The number of rotatable bonds is 8. The summed E-state index contributed by atoms with van der Waals surface area (Å²) in [7, 11) is 0. The van der Waals surface area contributed by atoms with Gasteiger partial charge in [-0.05, 0) is 36.5 Å². The van der Waals surface area contributed by atoms with E-state index in [9.17, 15) is 9.50 Å². The first-order valence-electron chi connectivity index (χ1n) is 6.57. The summed E-state index contributed by atoms with van der Waals surface area (Å²) < 4.78 is 18.3. The molecule has 0 amide bonds. The summed E-state index contributed by atoms with van der Waals surface area (Å²) in [4.78, 5) is 0. The lowest BCUT2D eigenvalue weighted by Crippen LogP contribution is -2.09. The van der Waals surface area contributed by atoms with E-state index in [4.69, 9.17) is 4.74 Å². The van der Waals surface area contributed by atoms with Gasteiger partial charge in [0.2, 0.25) is 0 Å². The zero-order valence-electron chi connectivity index (χ0n) is 11.2. The molecule has 3 heteroatoms. The van der Waals surface area contributed by atoms with Gasteiger partial charge in [-0.1, -0.05) is 26.0 Å². The van der Waals surface area contributed by atoms with Crippen molar-refractivity contribution in [3.63, 3.8) is 0 Å². The van der Waals surface area contributed by atoms with Crippen molar-refractivity contribution in [3.05, 3.63) is 35.6 Å². The standard InChI is InChI=1S/C15H23FO2/c1-12(2)7-9-18-10-8-14(11-17)13-3-5-15(16)6-4-13/h3-6,12,14,17H,7-11H2,1-2H3. The van der Waals surface area contributed by atoms with Gasteiger partial charge < -0.3 is 9.84 Å². The van der Waals surface area contributed by atoms with Crippen LogP contribution in [0.4, 0.5) is 4.39 Å². The molecule has 0 saturated carbocycles. The van der Waals surface area contributed by atoms with Crippen LogP contribution in [0.2, 0.25) is 0 Å². The molecule has 102 valence electrons. The first-order chi connectivity index (χ1) is 8.63. The molecule has 0 heterocycles. The summed E-state index contributed by atoms with van der Waals surface area (Å²) in [5.41, 5.74) is 0.964. The fraction of sp³-hybridized carbons (Fsp3) is 0.600. The molecule has 1 rings (SSSR count). The molecule has 0 spiro atoms. The van der Waals surface area contributed by atoms with Gasteiger partial charge in [0, 0.05) is 19.1 Å². The molecule has 0 radical (unpaired) electrons. The molecule has 18 heavy (non-hydrogen) atoms. The highest BCUT2D eigenvalue weighted by Gasteiger charge is 2.10. The van der Waals surface area contributed by atoms with Gasteiger partial charge in [-0.15, -0.1) is 0 Å². The van der Waals surface area contributed by atoms with E-state index < -0.39 is 0 Å². The Labute approximate surface area is 109 Å². The lowest BCUT2D eigenvalue weighted by Gasteiger charge is -2.15. The maximum atomic E-state index is 12.8. The van der Waals surface area contributed by atoms with Crippen LogP contribution in [-0.4, -0.2) is 24.9 Å². The Morgan fingerprint density at radius 1 is 1.11 bits per heavy atom. The van der Waals surface area contributed by atoms with E-state index >= 15 is 0 Å². The monoisotopic (exact) mass is 254 g/mol. The van der Waals surface area contributed by atoms with Gasteiger partial charge in [-0.25, -0.2) is 4.39 Å². The summed E-state index contributed by atoms with van der Waals surface area (Å²) in [5.74, 6) is 0.434. The third kappa shape index (κ3) is 5.61. The number of hydrogen-bond acceptors (Lipinski definition) is 2. The Morgan fingerprint density at radius 2 is 1.72 bits per heavy atom. The van der Waals surface area contributed by atoms with Crippen LogP contribution in [0.3, 0.4) is 0 Å². The highest BCUT2D eigenvalue weighted by Crippen LogP contribution is 2.19. The Bertz CT molecular complexity index is 322. The molecule has 1 atom stereocenters. The number of aliphatic hydroxyl groups is 1. The van der Waals surface area contributed by atoms with Crippen molar-refractivity contribution in [1.29, 1.82) is 0 Å². The molecular weight excluding hydrogens is 231 g/mol. The Morgan fingerprint density at radius 3 is 2.28 bits per heavy atom. The predicted molar refractivity (Wildman–Crippen MR) is 71.1 cm³/mol. The number of benzene rings is 1. The third-order valence-electron chi connectivity index (χ3n) is 3.01. The Balaban J connectivity index is 2.31. The van der Waals surface area contributed by atoms with Crippen molar-refractivity contribution in [2.24, 2.45) is 5.92 Å². The van der Waals surface area contributed by atoms with Crippen molar-refractivity contribution < 1.29 is 14.2 Å². The second-order valence-corrected chi connectivity index (χ2v) is 5.01. The normalized spacial score (nSPS) is 12.9. The number of hydrogen-bond donors (Lipinski definition) is 1. The molecule has 0 aliphatic rings. The second kappa shape index (κ2) is 8.22. The molecule has 1 unspecified atom stereocenters. The zero-order valence-corrected chi connectivity index (χ0v) is 11.2. The molecule has 2 nitrogen and oxygen atoms in total. The molecule has 0 bridgehead atoms. The van der Waals surface area contributed by atoms with Gasteiger partial charge in [-0.2, -0.15) is 0 Å². The average molecular weight is 254 g/mol. The van der Waals surface area contributed by atoms with Crippen molar-refractivity contribution in [1.82, 2.24) is 0 Å². The molecule has 0 aromatic heterocycles. The average Bonchev–Trinajstić information content (AvgIpc) is 2.35. The molecule has 0 saturated heterocycles. The van der Waals surface area contributed by atoms with E-state index in [2.05, 4.69) is 13.8 Å². The van der Waals surface area contributed by atoms with Crippen LogP contribution in [-0.2, 0) is 4.74 Å². The minimum atomic E-state index is -0.247. The highest BCUT2D eigenvalue weighted by atomic mass is 19.1. The van der Waals surface area contributed by atoms with E-state index in [1.54, 1.807) is 12.1 Å². The highest BCUT2D eigenvalue weighted by molar-refractivity contribution is 5.20. The van der Waals surface area contributed by atoms with Crippen LogP contribution < -0.4 is 0 Å². The lowest BCUT2D eigenvalue weighted by atomic mass is 9.97. The fourth-order valence-corrected chi connectivity index (χ4v) is 1.74. The van der Waals surface area contributed by atoms with E-state index in [0.29, 0.717) is 12.5 Å². The smallest absolute Gasteiger partial charge is 0.123 e. The number of aliphatic hydroxyl groups excluding tert-OH is 1. The summed E-state index contributed by atoms with van der Waals surface area (Å²) >= 11 is 0. The predicted octanol–water partition coefficient (Wildman–Crippen LogP) is 3.35. The van der Waals surface area contributed by atoms with Crippen molar-refractivity contribution >= 4 is 0 Å².